The van der Waals surface area contributed by atoms with Gasteiger partial charge >= 0.3 is 0 Å². The maximum Gasteiger partial charge on any atom is 0.264 e. The summed E-state index contributed by atoms with van der Waals surface area (Å²) >= 11 is 1.53. The maximum atomic E-state index is 13.7. The topological polar surface area (TPSA) is 75.7 Å². The summed E-state index contributed by atoms with van der Waals surface area (Å²) in [6.07, 6.45) is 2.60. The predicted molar refractivity (Wildman–Crippen MR) is 138 cm³/mol. The zero-order valence-electron chi connectivity index (χ0n) is 19.6. The molecule has 1 N–H and O–H groups in total. The minimum atomic E-state index is -4.04. The number of nitrogens with zero attached hydrogens (tertiary/aromatic N) is 1. The first-order valence-corrected chi connectivity index (χ1v) is 13.8. The molecule has 0 spiro atoms. The van der Waals surface area contributed by atoms with E-state index in [1.165, 1.54) is 11.8 Å². The van der Waals surface area contributed by atoms with Gasteiger partial charge in [-0.05, 0) is 61.6 Å². The fourth-order valence-corrected chi connectivity index (χ4v) is 5.43. The van der Waals surface area contributed by atoms with E-state index >= 15 is 0 Å². The van der Waals surface area contributed by atoms with Crippen molar-refractivity contribution in [3.63, 3.8) is 0 Å². The number of ether oxygens (including phenoxy) is 1. The summed E-state index contributed by atoms with van der Waals surface area (Å²) in [5.74, 6) is 0.00326. The minimum Gasteiger partial charge on any atom is -0.492 e. The monoisotopic (exact) mass is 498 g/mol. The molecule has 1 unspecified atom stereocenters. The molecule has 0 aliphatic carbocycles. The molecule has 0 heterocycles. The molecule has 180 valence electrons. The molecule has 1 atom stereocenters. The molecule has 0 saturated heterocycles. The highest BCUT2D eigenvalue weighted by molar-refractivity contribution is 7.98. The number of anilines is 1. The molecule has 34 heavy (non-hydrogen) atoms. The molecule has 0 bridgehead atoms. The SMILES string of the molecule is CCOc1ccccc1N(CC(=O)NC(CC)c1ccccc1)S(=O)(=O)c1ccc(SC)cc1. The normalized spacial score (nSPS) is 12.1. The summed E-state index contributed by atoms with van der Waals surface area (Å²) in [5.41, 5.74) is 1.29. The van der Waals surface area contributed by atoms with Gasteiger partial charge in [0.25, 0.3) is 10.0 Å². The third kappa shape index (κ3) is 6.12. The minimum absolute atomic E-state index is 0.111. The second-order valence-corrected chi connectivity index (χ2v) is 10.3. The molecule has 1 amide bonds. The van der Waals surface area contributed by atoms with Gasteiger partial charge in [0.1, 0.15) is 12.3 Å². The number of hydrogen-bond donors (Lipinski definition) is 1. The van der Waals surface area contributed by atoms with Crippen LogP contribution in [0.25, 0.3) is 0 Å². The van der Waals surface area contributed by atoms with Crippen LogP contribution in [0, 0.1) is 0 Å². The summed E-state index contributed by atoms with van der Waals surface area (Å²) < 4.78 is 34.3. The highest BCUT2D eigenvalue weighted by Crippen LogP contribution is 2.33. The largest absolute Gasteiger partial charge is 0.492 e. The molecule has 0 radical (unpaired) electrons. The van der Waals surface area contributed by atoms with E-state index in [0.29, 0.717) is 24.5 Å². The van der Waals surface area contributed by atoms with Crippen LogP contribution < -0.4 is 14.4 Å². The number of sulfonamides is 1. The fraction of sp³-hybridized carbons (Fsp3) is 0.269. The van der Waals surface area contributed by atoms with E-state index in [1.807, 2.05) is 50.4 Å². The van der Waals surface area contributed by atoms with E-state index in [1.54, 1.807) is 48.5 Å². The number of benzene rings is 3. The van der Waals surface area contributed by atoms with E-state index in [2.05, 4.69) is 5.32 Å². The summed E-state index contributed by atoms with van der Waals surface area (Å²) in [4.78, 5) is 14.2. The van der Waals surface area contributed by atoms with Crippen LogP contribution in [0.4, 0.5) is 5.69 Å². The summed E-state index contributed by atoms with van der Waals surface area (Å²) in [6.45, 7) is 3.80. The van der Waals surface area contributed by atoms with Gasteiger partial charge in [-0.1, -0.05) is 49.4 Å². The Balaban J connectivity index is 1.97. The average molecular weight is 499 g/mol. The molecular weight excluding hydrogens is 468 g/mol. The molecule has 8 heteroatoms. The van der Waals surface area contributed by atoms with Gasteiger partial charge in [0.05, 0.1) is 23.2 Å². The molecule has 0 saturated carbocycles. The van der Waals surface area contributed by atoms with Crippen LogP contribution in [0.2, 0.25) is 0 Å². The molecule has 0 aromatic heterocycles. The number of carbonyl (C=O) groups excluding carboxylic acids is 1. The van der Waals surface area contributed by atoms with Gasteiger partial charge < -0.3 is 10.1 Å². The fourth-order valence-electron chi connectivity index (χ4n) is 3.59. The Morgan fingerprint density at radius 1 is 0.971 bits per heavy atom. The van der Waals surface area contributed by atoms with Crippen molar-refractivity contribution in [3.05, 3.63) is 84.4 Å². The quantitative estimate of drug-likeness (QED) is 0.365. The number of para-hydroxylation sites is 2. The van der Waals surface area contributed by atoms with Crippen LogP contribution in [0.15, 0.2) is 88.7 Å². The first-order valence-electron chi connectivity index (χ1n) is 11.1. The lowest BCUT2D eigenvalue weighted by molar-refractivity contribution is -0.120. The first kappa shape index (κ1) is 25.6. The van der Waals surface area contributed by atoms with Crippen LogP contribution in [0.3, 0.4) is 0 Å². The van der Waals surface area contributed by atoms with Gasteiger partial charge in [-0.15, -0.1) is 11.8 Å². The second-order valence-electron chi connectivity index (χ2n) is 7.53. The summed E-state index contributed by atoms with van der Waals surface area (Å²) in [5, 5.41) is 2.99. The number of hydrogen-bond acceptors (Lipinski definition) is 5. The Kier molecular flexibility index (Phi) is 9.01. The van der Waals surface area contributed by atoms with Crippen molar-refractivity contribution in [2.45, 2.75) is 36.1 Å². The third-order valence-corrected chi connectivity index (χ3v) is 7.83. The summed E-state index contributed by atoms with van der Waals surface area (Å²) in [7, 11) is -4.04. The Morgan fingerprint density at radius 2 is 1.62 bits per heavy atom. The number of nitrogens with one attached hydrogen (secondary N) is 1. The molecule has 3 aromatic carbocycles. The molecule has 0 aliphatic rings. The summed E-state index contributed by atoms with van der Waals surface area (Å²) in [6, 6.07) is 22.9. The highest BCUT2D eigenvalue weighted by Gasteiger charge is 2.30. The molecule has 3 rings (SSSR count). The van der Waals surface area contributed by atoms with Crippen molar-refractivity contribution in [2.75, 3.05) is 23.7 Å². The smallest absolute Gasteiger partial charge is 0.264 e. The van der Waals surface area contributed by atoms with Crippen molar-refractivity contribution in [3.8, 4) is 5.75 Å². The van der Waals surface area contributed by atoms with Crippen LogP contribution in [-0.2, 0) is 14.8 Å². The van der Waals surface area contributed by atoms with Gasteiger partial charge in [-0.25, -0.2) is 8.42 Å². The van der Waals surface area contributed by atoms with Gasteiger partial charge in [-0.3, -0.25) is 9.10 Å². The lowest BCUT2D eigenvalue weighted by atomic mass is 10.0. The van der Waals surface area contributed by atoms with Crippen LogP contribution in [0.1, 0.15) is 31.9 Å². The Labute approximate surface area is 206 Å². The third-order valence-electron chi connectivity index (χ3n) is 5.31. The average Bonchev–Trinajstić information content (AvgIpc) is 2.87. The van der Waals surface area contributed by atoms with Crippen molar-refractivity contribution in [2.24, 2.45) is 0 Å². The zero-order chi connectivity index (χ0) is 24.6. The van der Waals surface area contributed by atoms with E-state index < -0.39 is 15.9 Å². The van der Waals surface area contributed by atoms with E-state index in [4.69, 9.17) is 4.74 Å². The first-order chi connectivity index (χ1) is 16.4. The number of amides is 1. The van der Waals surface area contributed by atoms with E-state index in [0.717, 1.165) is 14.8 Å². The number of carbonyl (C=O) groups is 1. The highest BCUT2D eigenvalue weighted by atomic mass is 32.2. The molecular formula is C26H30N2O4S2. The molecule has 6 nitrogen and oxygen atoms in total. The lowest BCUT2D eigenvalue weighted by Gasteiger charge is -2.27. The van der Waals surface area contributed by atoms with Gasteiger partial charge in [-0.2, -0.15) is 0 Å². The standard InChI is InChI=1S/C26H30N2O4S2/c1-4-23(20-11-7-6-8-12-20)27-26(29)19-28(24-13-9-10-14-25(24)32-5-2)34(30,31)22-17-15-21(33-3)16-18-22/h6-18,23H,4-5,19H2,1-3H3,(H,27,29). The van der Waals surface area contributed by atoms with E-state index in [-0.39, 0.29) is 17.5 Å². The molecule has 3 aromatic rings. The van der Waals surface area contributed by atoms with Gasteiger partial charge in [0, 0.05) is 4.90 Å². The predicted octanol–water partition coefficient (Wildman–Crippen LogP) is 5.27. The Bertz CT molecular complexity index is 1180. The van der Waals surface area contributed by atoms with Crippen LogP contribution in [-0.4, -0.2) is 33.7 Å². The van der Waals surface area contributed by atoms with Crippen molar-refractivity contribution >= 4 is 33.4 Å². The maximum absolute atomic E-state index is 13.7. The van der Waals surface area contributed by atoms with Crippen molar-refractivity contribution in [1.82, 2.24) is 5.32 Å². The van der Waals surface area contributed by atoms with Gasteiger partial charge in [0.15, 0.2) is 0 Å². The van der Waals surface area contributed by atoms with Gasteiger partial charge in [0.2, 0.25) is 5.91 Å². The van der Waals surface area contributed by atoms with Crippen molar-refractivity contribution < 1.29 is 17.9 Å². The second kappa shape index (κ2) is 11.9. The van der Waals surface area contributed by atoms with Crippen LogP contribution >= 0.6 is 11.8 Å². The molecule has 0 fully saturated rings. The zero-order valence-corrected chi connectivity index (χ0v) is 21.2. The van der Waals surface area contributed by atoms with E-state index in [9.17, 15) is 13.2 Å². The van der Waals surface area contributed by atoms with Crippen molar-refractivity contribution in [1.29, 1.82) is 0 Å². The van der Waals surface area contributed by atoms with Crippen LogP contribution in [0.5, 0.6) is 5.75 Å². The number of rotatable bonds is 11. The Morgan fingerprint density at radius 3 is 2.24 bits per heavy atom. The molecule has 0 aliphatic heterocycles. The lowest BCUT2D eigenvalue weighted by Crippen LogP contribution is -2.42. The Hall–Kier alpha value is -2.97. The number of thioether (sulfide) groups is 1.